The largest absolute Gasteiger partial charge is 0.441 e. The number of aromatic nitrogens is 5. The van der Waals surface area contributed by atoms with Crippen LogP contribution in [0.1, 0.15) is 31.2 Å². The number of rotatable bonds is 7. The van der Waals surface area contributed by atoms with Gasteiger partial charge in [-0.2, -0.15) is 0 Å². The van der Waals surface area contributed by atoms with Gasteiger partial charge in [-0.05, 0) is 59.7 Å². The number of amides is 1. The molecule has 5 rings (SSSR count). The maximum Gasteiger partial charge on any atom is 0.224 e. The molecule has 1 amide bonds. The van der Waals surface area contributed by atoms with Crippen molar-refractivity contribution in [2.75, 3.05) is 5.32 Å². The zero-order valence-electron chi connectivity index (χ0n) is 16.5. The summed E-state index contributed by atoms with van der Waals surface area (Å²) in [7, 11) is 0. The van der Waals surface area contributed by atoms with Gasteiger partial charge in [0.1, 0.15) is 0 Å². The molecule has 2 heterocycles. The summed E-state index contributed by atoms with van der Waals surface area (Å²) >= 11 is 6.19. The number of aryl methyl sites for hydroxylation is 1. The third-order valence-corrected chi connectivity index (χ3v) is 5.40. The summed E-state index contributed by atoms with van der Waals surface area (Å²) in [5.74, 6) is 1.71. The van der Waals surface area contributed by atoms with Crippen LogP contribution >= 0.6 is 11.6 Å². The van der Waals surface area contributed by atoms with Crippen LogP contribution in [0.15, 0.2) is 59.1 Å². The maximum absolute atomic E-state index is 12.3. The lowest BCUT2D eigenvalue weighted by molar-refractivity contribution is -0.116. The number of benzene rings is 2. The van der Waals surface area contributed by atoms with Gasteiger partial charge >= 0.3 is 0 Å². The number of hydrogen-bond donors (Lipinski definition) is 1. The van der Waals surface area contributed by atoms with Crippen LogP contribution in [0.25, 0.3) is 22.7 Å². The van der Waals surface area contributed by atoms with Gasteiger partial charge in [-0.15, -0.1) is 5.10 Å². The van der Waals surface area contributed by atoms with Gasteiger partial charge in [-0.3, -0.25) is 4.79 Å². The number of nitrogens with one attached hydrogen (secondary N) is 1. The number of carbonyl (C=O) groups excluding carboxylic acids is 1. The Labute approximate surface area is 183 Å². The Bertz CT molecular complexity index is 1210. The van der Waals surface area contributed by atoms with Crippen LogP contribution in [0.4, 0.5) is 5.69 Å². The monoisotopic (exact) mass is 434 g/mol. The quantitative estimate of drug-likeness (QED) is 0.458. The molecule has 9 heteroatoms. The van der Waals surface area contributed by atoms with Crippen molar-refractivity contribution >= 4 is 23.2 Å². The molecule has 0 aliphatic heterocycles. The molecule has 0 atom stereocenters. The van der Waals surface area contributed by atoms with Crippen molar-refractivity contribution in [3.05, 3.63) is 65.6 Å². The van der Waals surface area contributed by atoms with Crippen molar-refractivity contribution in [2.24, 2.45) is 0 Å². The predicted molar refractivity (Wildman–Crippen MR) is 115 cm³/mol. The van der Waals surface area contributed by atoms with Gasteiger partial charge in [0, 0.05) is 29.7 Å². The molecular weight excluding hydrogens is 416 g/mol. The molecule has 2 aromatic carbocycles. The lowest BCUT2D eigenvalue weighted by Crippen LogP contribution is -2.12. The summed E-state index contributed by atoms with van der Waals surface area (Å²) < 4.78 is 7.61. The van der Waals surface area contributed by atoms with Gasteiger partial charge in [-0.25, -0.2) is 9.67 Å². The summed E-state index contributed by atoms with van der Waals surface area (Å²) in [6.45, 7) is 0. The van der Waals surface area contributed by atoms with Crippen molar-refractivity contribution < 1.29 is 9.21 Å². The number of nitrogens with zero attached hydrogens (tertiary/aromatic N) is 5. The summed E-state index contributed by atoms with van der Waals surface area (Å²) in [6, 6.07) is 15.3. The Morgan fingerprint density at radius 1 is 1.16 bits per heavy atom. The van der Waals surface area contributed by atoms with Crippen molar-refractivity contribution in [3.63, 3.8) is 0 Å². The zero-order chi connectivity index (χ0) is 21.2. The average Bonchev–Trinajstić information content (AvgIpc) is 3.32. The molecule has 0 unspecified atom stereocenters. The lowest BCUT2D eigenvalue weighted by Gasteiger charge is -2.06. The van der Waals surface area contributed by atoms with Gasteiger partial charge < -0.3 is 9.73 Å². The molecule has 0 spiro atoms. The van der Waals surface area contributed by atoms with E-state index in [-0.39, 0.29) is 12.3 Å². The Morgan fingerprint density at radius 2 is 1.97 bits per heavy atom. The minimum absolute atomic E-state index is 0.118. The lowest BCUT2D eigenvalue weighted by atomic mass is 10.2. The predicted octanol–water partition coefficient (Wildman–Crippen LogP) is 4.55. The first-order chi connectivity index (χ1) is 15.2. The number of carbonyl (C=O) groups is 1. The van der Waals surface area contributed by atoms with E-state index in [1.807, 2.05) is 47.1 Å². The van der Waals surface area contributed by atoms with E-state index in [2.05, 4.69) is 25.8 Å². The zero-order valence-corrected chi connectivity index (χ0v) is 17.3. The molecule has 156 valence electrons. The van der Waals surface area contributed by atoms with Gasteiger partial charge in [0.15, 0.2) is 17.5 Å². The van der Waals surface area contributed by atoms with E-state index in [0.29, 0.717) is 34.8 Å². The van der Waals surface area contributed by atoms with Gasteiger partial charge in [0.2, 0.25) is 5.91 Å². The van der Waals surface area contributed by atoms with Gasteiger partial charge in [0.05, 0.1) is 17.3 Å². The fourth-order valence-electron chi connectivity index (χ4n) is 3.31. The Kier molecular flexibility index (Phi) is 5.21. The van der Waals surface area contributed by atoms with Crippen molar-refractivity contribution in [3.8, 4) is 22.7 Å². The molecule has 1 aliphatic carbocycles. The molecule has 1 fully saturated rings. The molecule has 0 saturated heterocycles. The standard InChI is InChI=1S/C22H19ClN6O2/c23-18-4-2-1-3-17(18)19-13-24-21(31-19)12-11-20(30)25-15-7-5-14(6-8-15)22-26-27-28-29(22)16-9-10-16/h1-8,13,16H,9-12H2,(H,25,30). The molecule has 4 aromatic rings. The first-order valence-corrected chi connectivity index (χ1v) is 10.4. The Balaban J connectivity index is 1.18. The second-order valence-corrected chi connectivity index (χ2v) is 7.81. The summed E-state index contributed by atoms with van der Waals surface area (Å²) in [5, 5.41) is 15.5. The SMILES string of the molecule is O=C(CCc1ncc(-c2ccccc2Cl)o1)Nc1ccc(-c2nnnn2C2CC2)cc1. The van der Waals surface area contributed by atoms with Crippen LogP contribution in [0.3, 0.4) is 0 Å². The third-order valence-electron chi connectivity index (χ3n) is 5.07. The minimum Gasteiger partial charge on any atom is -0.441 e. The third kappa shape index (κ3) is 4.34. The van der Waals surface area contributed by atoms with Crippen molar-refractivity contribution in [1.82, 2.24) is 25.2 Å². The van der Waals surface area contributed by atoms with Crippen LogP contribution < -0.4 is 5.32 Å². The maximum atomic E-state index is 12.3. The Morgan fingerprint density at radius 3 is 2.74 bits per heavy atom. The minimum atomic E-state index is -0.118. The van der Waals surface area contributed by atoms with Crippen molar-refractivity contribution in [1.29, 1.82) is 0 Å². The fourth-order valence-corrected chi connectivity index (χ4v) is 3.54. The molecule has 8 nitrogen and oxygen atoms in total. The molecule has 1 saturated carbocycles. The second kappa shape index (κ2) is 8.31. The van der Waals surface area contributed by atoms with Gasteiger partial charge in [-0.1, -0.05) is 23.7 Å². The van der Waals surface area contributed by atoms with E-state index in [9.17, 15) is 4.79 Å². The van der Waals surface area contributed by atoms with E-state index >= 15 is 0 Å². The number of hydrogen-bond acceptors (Lipinski definition) is 6. The van der Waals surface area contributed by atoms with E-state index in [1.165, 1.54) is 0 Å². The molecular formula is C22H19ClN6O2. The smallest absolute Gasteiger partial charge is 0.224 e. The van der Waals surface area contributed by atoms with E-state index in [1.54, 1.807) is 12.3 Å². The molecule has 0 bridgehead atoms. The highest BCUT2D eigenvalue weighted by Crippen LogP contribution is 2.36. The molecule has 2 aromatic heterocycles. The number of halogens is 1. The normalized spacial score (nSPS) is 13.3. The van der Waals surface area contributed by atoms with Gasteiger partial charge in [0.25, 0.3) is 0 Å². The van der Waals surface area contributed by atoms with Crippen LogP contribution in [-0.2, 0) is 11.2 Å². The van der Waals surface area contributed by atoms with Crippen molar-refractivity contribution in [2.45, 2.75) is 31.7 Å². The molecule has 0 radical (unpaired) electrons. The number of anilines is 1. The topological polar surface area (TPSA) is 98.7 Å². The highest BCUT2D eigenvalue weighted by molar-refractivity contribution is 6.33. The van der Waals surface area contributed by atoms with Crippen LogP contribution in [-0.4, -0.2) is 31.1 Å². The van der Waals surface area contributed by atoms with E-state index < -0.39 is 0 Å². The number of tetrazole rings is 1. The molecule has 1 aliphatic rings. The summed E-state index contributed by atoms with van der Waals surface area (Å²) in [4.78, 5) is 16.6. The molecule has 31 heavy (non-hydrogen) atoms. The van der Waals surface area contributed by atoms with Crippen LogP contribution in [0, 0.1) is 0 Å². The van der Waals surface area contributed by atoms with Crippen LogP contribution in [0.5, 0.6) is 0 Å². The highest BCUT2D eigenvalue weighted by Gasteiger charge is 2.28. The fraction of sp³-hybridized carbons (Fsp3) is 0.227. The van der Waals surface area contributed by atoms with E-state index in [4.69, 9.17) is 16.0 Å². The summed E-state index contributed by atoms with van der Waals surface area (Å²) in [5.41, 5.74) is 2.41. The van der Waals surface area contributed by atoms with E-state index in [0.717, 1.165) is 29.8 Å². The highest BCUT2D eigenvalue weighted by atomic mass is 35.5. The average molecular weight is 435 g/mol. The van der Waals surface area contributed by atoms with Crippen LogP contribution in [0.2, 0.25) is 5.02 Å². The summed E-state index contributed by atoms with van der Waals surface area (Å²) in [6.07, 6.45) is 4.49. The second-order valence-electron chi connectivity index (χ2n) is 7.40. The Hall–Kier alpha value is -3.52. The first-order valence-electron chi connectivity index (χ1n) is 10.0. The first kappa shape index (κ1) is 19.4. The molecule has 1 N–H and O–H groups in total. The number of oxazole rings is 1.